The van der Waals surface area contributed by atoms with E-state index in [1.807, 2.05) is 42.6 Å². The largest absolute Gasteiger partial charge is 0.397 e. The number of nitrogens with zero attached hydrogens (tertiary/aromatic N) is 4. The molecule has 0 aliphatic heterocycles. The number of nitrogens with two attached hydrogens (primary N) is 1. The van der Waals surface area contributed by atoms with Gasteiger partial charge in [-0.25, -0.2) is 0 Å². The highest BCUT2D eigenvalue weighted by Crippen LogP contribution is 2.37. The van der Waals surface area contributed by atoms with Gasteiger partial charge in [-0.3, -0.25) is 0 Å². The summed E-state index contributed by atoms with van der Waals surface area (Å²) in [5.74, 6) is 0.750. The van der Waals surface area contributed by atoms with E-state index in [1.54, 1.807) is 15.9 Å². The molecule has 7 heteroatoms. The molecule has 4 rings (SSSR count). The monoisotopic (exact) mass is 313 g/mol. The molecule has 0 saturated heterocycles. The van der Waals surface area contributed by atoms with Gasteiger partial charge in [0.2, 0.25) is 4.96 Å². The van der Waals surface area contributed by atoms with Gasteiger partial charge in [-0.1, -0.05) is 41.7 Å². The van der Waals surface area contributed by atoms with Crippen LogP contribution in [0.5, 0.6) is 0 Å². The van der Waals surface area contributed by atoms with Gasteiger partial charge < -0.3 is 5.73 Å². The first-order chi connectivity index (χ1) is 10.2. The average molecular weight is 313 g/mol. The summed E-state index contributed by atoms with van der Waals surface area (Å²) in [5, 5.41) is 16.0. The second-order valence-electron chi connectivity index (χ2n) is 4.65. The van der Waals surface area contributed by atoms with Crippen LogP contribution in [-0.2, 0) is 0 Å². The second kappa shape index (κ2) is 4.64. The van der Waals surface area contributed by atoms with E-state index < -0.39 is 0 Å². The first-order valence-electron chi connectivity index (χ1n) is 6.35. The van der Waals surface area contributed by atoms with Gasteiger partial charge in [0.1, 0.15) is 0 Å². The van der Waals surface area contributed by atoms with Crippen LogP contribution in [0.1, 0.15) is 5.56 Å². The highest BCUT2D eigenvalue weighted by Gasteiger charge is 2.17. The number of thiophene rings is 1. The minimum absolute atomic E-state index is 0.750. The molecule has 21 heavy (non-hydrogen) atoms. The van der Waals surface area contributed by atoms with Crippen molar-refractivity contribution in [1.29, 1.82) is 0 Å². The van der Waals surface area contributed by atoms with Crippen molar-refractivity contribution in [3.8, 4) is 21.3 Å². The minimum atomic E-state index is 0.750. The number of anilines is 1. The molecule has 4 aromatic rings. The van der Waals surface area contributed by atoms with Crippen molar-refractivity contribution in [1.82, 2.24) is 19.8 Å². The molecule has 0 aliphatic carbocycles. The fourth-order valence-electron chi connectivity index (χ4n) is 2.09. The average Bonchev–Trinajstić information content (AvgIpc) is 3.15. The summed E-state index contributed by atoms with van der Waals surface area (Å²) in [5.41, 5.74) is 8.99. The topological polar surface area (TPSA) is 69.1 Å². The van der Waals surface area contributed by atoms with Crippen LogP contribution in [0.4, 0.5) is 5.69 Å². The van der Waals surface area contributed by atoms with E-state index in [-0.39, 0.29) is 0 Å². The fourth-order valence-corrected chi connectivity index (χ4v) is 4.01. The third-order valence-corrected chi connectivity index (χ3v) is 5.41. The highest BCUT2D eigenvalue weighted by molar-refractivity contribution is 7.24. The van der Waals surface area contributed by atoms with Crippen molar-refractivity contribution in [2.75, 3.05) is 5.73 Å². The fraction of sp³-hybridized carbons (Fsp3) is 0.0714. The lowest BCUT2D eigenvalue weighted by atomic mass is 10.2. The summed E-state index contributed by atoms with van der Waals surface area (Å²) >= 11 is 3.11. The molecule has 0 unspecified atom stereocenters. The van der Waals surface area contributed by atoms with Crippen molar-refractivity contribution in [2.24, 2.45) is 0 Å². The Morgan fingerprint density at radius 3 is 2.67 bits per heavy atom. The van der Waals surface area contributed by atoms with Crippen LogP contribution in [0.3, 0.4) is 0 Å². The van der Waals surface area contributed by atoms with E-state index in [0.717, 1.165) is 37.5 Å². The summed E-state index contributed by atoms with van der Waals surface area (Å²) in [6, 6.07) is 9.93. The normalized spacial score (nSPS) is 11.3. The van der Waals surface area contributed by atoms with Crippen LogP contribution in [0.2, 0.25) is 0 Å². The third kappa shape index (κ3) is 1.93. The van der Waals surface area contributed by atoms with Gasteiger partial charge in [-0.15, -0.1) is 21.5 Å². The Labute approximate surface area is 128 Å². The van der Waals surface area contributed by atoms with Crippen LogP contribution < -0.4 is 5.73 Å². The van der Waals surface area contributed by atoms with Crippen molar-refractivity contribution in [3.05, 3.63) is 41.3 Å². The minimum Gasteiger partial charge on any atom is -0.397 e. The number of nitrogen functional groups attached to an aromatic ring is 1. The maximum absolute atomic E-state index is 6.11. The van der Waals surface area contributed by atoms with Crippen molar-refractivity contribution in [2.45, 2.75) is 6.92 Å². The van der Waals surface area contributed by atoms with E-state index >= 15 is 0 Å². The van der Waals surface area contributed by atoms with Crippen LogP contribution in [-0.4, -0.2) is 19.8 Å². The third-order valence-electron chi connectivity index (χ3n) is 3.24. The maximum Gasteiger partial charge on any atom is 0.235 e. The quantitative estimate of drug-likeness (QED) is 0.615. The summed E-state index contributed by atoms with van der Waals surface area (Å²) in [6.45, 7) is 2.00. The van der Waals surface area contributed by atoms with Gasteiger partial charge in [0.05, 0.1) is 10.6 Å². The predicted octanol–water partition coefficient (Wildman–Crippen LogP) is 3.47. The molecule has 3 aromatic heterocycles. The molecule has 0 spiro atoms. The summed E-state index contributed by atoms with van der Waals surface area (Å²) < 4.78 is 1.78. The lowest BCUT2D eigenvalue weighted by Gasteiger charge is -1.96. The Morgan fingerprint density at radius 1 is 1.14 bits per heavy atom. The van der Waals surface area contributed by atoms with Gasteiger partial charge in [-0.2, -0.15) is 9.61 Å². The Balaban J connectivity index is 1.89. The van der Waals surface area contributed by atoms with Gasteiger partial charge >= 0.3 is 0 Å². The van der Waals surface area contributed by atoms with Crippen LogP contribution in [0, 0.1) is 6.92 Å². The molecule has 0 radical (unpaired) electrons. The zero-order valence-corrected chi connectivity index (χ0v) is 12.8. The molecule has 0 bridgehead atoms. The van der Waals surface area contributed by atoms with Crippen LogP contribution in [0.15, 0.2) is 35.7 Å². The van der Waals surface area contributed by atoms with E-state index in [0.29, 0.717) is 0 Å². The molecular formula is C14H11N5S2. The molecule has 0 saturated carbocycles. The number of hydrogen-bond donors (Lipinski definition) is 1. The molecular weight excluding hydrogens is 302 g/mol. The first kappa shape index (κ1) is 12.5. The molecule has 0 fully saturated rings. The van der Waals surface area contributed by atoms with Crippen molar-refractivity contribution in [3.63, 3.8) is 0 Å². The summed E-state index contributed by atoms with van der Waals surface area (Å²) in [6.07, 6.45) is 0. The molecule has 0 amide bonds. The first-order valence-corrected chi connectivity index (χ1v) is 8.05. The maximum atomic E-state index is 6.11. The number of aryl methyl sites for hydroxylation is 1. The lowest BCUT2D eigenvalue weighted by Crippen LogP contribution is -1.91. The van der Waals surface area contributed by atoms with Gasteiger partial charge in [0.25, 0.3) is 0 Å². The molecule has 3 heterocycles. The Bertz CT molecular complexity index is 920. The van der Waals surface area contributed by atoms with Gasteiger partial charge in [0, 0.05) is 5.56 Å². The number of fused-ring (bicyclic) bond motifs is 1. The summed E-state index contributed by atoms with van der Waals surface area (Å²) in [4.78, 5) is 1.77. The van der Waals surface area contributed by atoms with E-state index in [2.05, 4.69) is 15.3 Å². The number of rotatable bonds is 2. The molecule has 1 aromatic carbocycles. The number of aromatic nitrogens is 4. The smallest absolute Gasteiger partial charge is 0.235 e. The molecule has 2 N–H and O–H groups in total. The highest BCUT2D eigenvalue weighted by atomic mass is 32.1. The van der Waals surface area contributed by atoms with Gasteiger partial charge in [0.15, 0.2) is 10.8 Å². The van der Waals surface area contributed by atoms with Crippen LogP contribution in [0.25, 0.3) is 26.2 Å². The number of benzene rings is 1. The van der Waals surface area contributed by atoms with E-state index in [4.69, 9.17) is 5.73 Å². The zero-order chi connectivity index (χ0) is 14.4. The summed E-state index contributed by atoms with van der Waals surface area (Å²) in [7, 11) is 0. The zero-order valence-electron chi connectivity index (χ0n) is 11.1. The van der Waals surface area contributed by atoms with Crippen molar-refractivity contribution >= 4 is 33.3 Å². The lowest BCUT2D eigenvalue weighted by molar-refractivity contribution is 0.972. The molecule has 5 nitrogen and oxygen atoms in total. The SMILES string of the molecule is Cc1csc(-c2nn3c(-c4ccccc4)nnc3s2)c1N. The molecule has 0 atom stereocenters. The predicted molar refractivity (Wildman–Crippen MR) is 86.6 cm³/mol. The van der Waals surface area contributed by atoms with Crippen LogP contribution >= 0.6 is 22.7 Å². The second-order valence-corrected chi connectivity index (χ2v) is 6.49. The Kier molecular flexibility index (Phi) is 2.76. The van der Waals surface area contributed by atoms with Gasteiger partial charge in [-0.05, 0) is 17.9 Å². The van der Waals surface area contributed by atoms with E-state index in [1.165, 1.54) is 11.3 Å². The Morgan fingerprint density at radius 2 is 1.95 bits per heavy atom. The molecule has 104 valence electrons. The van der Waals surface area contributed by atoms with Crippen molar-refractivity contribution < 1.29 is 0 Å². The van der Waals surface area contributed by atoms with E-state index in [9.17, 15) is 0 Å². The Hall–Kier alpha value is -2.25. The number of hydrogen-bond acceptors (Lipinski definition) is 6. The standard InChI is InChI=1S/C14H11N5S2/c1-8-7-20-11(10(8)15)13-18-19-12(16-17-14(19)21-13)9-5-3-2-4-6-9/h2-7H,15H2,1H3. The molecule has 0 aliphatic rings.